The van der Waals surface area contributed by atoms with Crippen LogP contribution in [-0.2, 0) is 9.59 Å². The van der Waals surface area contributed by atoms with Crippen LogP contribution in [-0.4, -0.2) is 41.9 Å². The number of nitrogens with zero attached hydrogens (tertiary/aromatic N) is 1. The van der Waals surface area contributed by atoms with Crippen molar-refractivity contribution in [2.24, 2.45) is 29.4 Å². The van der Waals surface area contributed by atoms with Gasteiger partial charge in [-0.05, 0) is 56.3 Å². The lowest BCUT2D eigenvalue weighted by atomic mass is 9.65. The van der Waals surface area contributed by atoms with Crippen LogP contribution >= 0.6 is 12.4 Å². The summed E-state index contributed by atoms with van der Waals surface area (Å²) in [6.45, 7) is 5.71. The number of rotatable bonds is 4. The highest BCUT2D eigenvalue weighted by molar-refractivity contribution is 5.85. The van der Waals surface area contributed by atoms with E-state index in [1.807, 2.05) is 4.90 Å². The first-order valence-electron chi connectivity index (χ1n) is 10.3. The van der Waals surface area contributed by atoms with Crippen LogP contribution in [0.3, 0.4) is 0 Å². The number of halogens is 1. The maximum atomic E-state index is 12.7. The summed E-state index contributed by atoms with van der Waals surface area (Å²) in [4.78, 5) is 26.9. The van der Waals surface area contributed by atoms with E-state index in [9.17, 15) is 9.59 Å². The molecule has 0 radical (unpaired) electrons. The van der Waals surface area contributed by atoms with Gasteiger partial charge in [-0.1, -0.05) is 20.3 Å². The average Bonchev–Trinajstić information content (AvgIpc) is 2.54. The molecule has 26 heavy (non-hydrogen) atoms. The van der Waals surface area contributed by atoms with Crippen LogP contribution in [0.4, 0.5) is 0 Å². The maximum absolute atomic E-state index is 12.7. The number of hydrogen-bond donors (Lipinski definition) is 2. The molecule has 6 heteroatoms. The molecule has 3 N–H and O–H groups in total. The lowest BCUT2D eigenvalue weighted by molar-refractivity contribution is -0.133. The summed E-state index contributed by atoms with van der Waals surface area (Å²) in [7, 11) is 0. The van der Waals surface area contributed by atoms with Gasteiger partial charge in [0.15, 0.2) is 0 Å². The summed E-state index contributed by atoms with van der Waals surface area (Å²) < 4.78 is 0. The number of carbonyl (C=O) groups is 2. The van der Waals surface area contributed by atoms with E-state index < -0.39 is 0 Å². The Kier molecular flexibility index (Phi) is 7.77. The number of amides is 2. The molecule has 2 saturated carbocycles. The van der Waals surface area contributed by atoms with Crippen molar-refractivity contribution in [3.05, 3.63) is 0 Å². The van der Waals surface area contributed by atoms with Crippen molar-refractivity contribution in [2.75, 3.05) is 13.1 Å². The van der Waals surface area contributed by atoms with Crippen molar-refractivity contribution >= 4 is 24.2 Å². The third-order valence-electron chi connectivity index (χ3n) is 6.56. The molecule has 2 bridgehead atoms. The van der Waals surface area contributed by atoms with E-state index in [0.717, 1.165) is 38.8 Å². The van der Waals surface area contributed by atoms with Gasteiger partial charge in [-0.3, -0.25) is 9.59 Å². The SMILES string of the molecule is CC(C)CC(=O)N1CCC(NC(=O)C2CC3CCCC(C2)C3N)CC1.Cl. The summed E-state index contributed by atoms with van der Waals surface area (Å²) in [6.07, 6.45) is 7.99. The zero-order valence-electron chi connectivity index (χ0n) is 16.3. The minimum atomic E-state index is 0. The Balaban J connectivity index is 0.00000243. The molecule has 2 unspecified atom stereocenters. The number of carbonyl (C=O) groups excluding carboxylic acids is 2. The zero-order chi connectivity index (χ0) is 18.0. The van der Waals surface area contributed by atoms with Crippen LogP contribution in [0, 0.1) is 23.7 Å². The molecule has 0 aromatic heterocycles. The van der Waals surface area contributed by atoms with E-state index in [2.05, 4.69) is 19.2 Å². The Morgan fingerprint density at radius 2 is 1.65 bits per heavy atom. The van der Waals surface area contributed by atoms with Crippen LogP contribution in [0.25, 0.3) is 0 Å². The summed E-state index contributed by atoms with van der Waals surface area (Å²) >= 11 is 0. The molecule has 1 heterocycles. The number of likely N-dealkylation sites (tertiary alicyclic amines) is 1. The molecule has 2 aliphatic carbocycles. The molecule has 0 aromatic carbocycles. The van der Waals surface area contributed by atoms with E-state index in [-0.39, 0.29) is 36.2 Å². The van der Waals surface area contributed by atoms with Gasteiger partial charge < -0.3 is 16.0 Å². The number of piperidine rings is 1. The molecule has 2 atom stereocenters. The fraction of sp³-hybridized carbons (Fsp3) is 0.900. The summed E-state index contributed by atoms with van der Waals surface area (Å²) in [5.41, 5.74) is 6.34. The normalized spacial score (nSPS) is 32.1. The third kappa shape index (κ3) is 5.13. The molecule has 3 rings (SSSR count). The summed E-state index contributed by atoms with van der Waals surface area (Å²) in [5.74, 6) is 2.12. The standard InChI is InChI=1S/C20H35N3O2.ClH/c1-13(2)10-18(24)23-8-6-17(7-9-23)22-20(25)16-11-14-4-3-5-15(12-16)19(14)21;/h13-17,19H,3-12,21H2,1-2H3,(H,22,25);1H. The largest absolute Gasteiger partial charge is 0.353 e. The van der Waals surface area contributed by atoms with Crippen LogP contribution in [0.2, 0.25) is 0 Å². The highest BCUT2D eigenvalue weighted by Crippen LogP contribution is 2.42. The van der Waals surface area contributed by atoms with Gasteiger partial charge in [0.2, 0.25) is 11.8 Å². The third-order valence-corrected chi connectivity index (χ3v) is 6.56. The number of nitrogens with two attached hydrogens (primary N) is 1. The summed E-state index contributed by atoms with van der Waals surface area (Å²) in [6, 6.07) is 0.541. The van der Waals surface area contributed by atoms with Crippen molar-refractivity contribution in [3.63, 3.8) is 0 Å². The van der Waals surface area contributed by atoms with Crippen LogP contribution < -0.4 is 11.1 Å². The molecule has 1 aliphatic heterocycles. The van der Waals surface area contributed by atoms with Crippen molar-refractivity contribution in [3.8, 4) is 0 Å². The van der Waals surface area contributed by atoms with E-state index in [1.54, 1.807) is 0 Å². The van der Waals surface area contributed by atoms with Gasteiger partial charge in [0, 0.05) is 37.5 Å². The van der Waals surface area contributed by atoms with E-state index in [1.165, 1.54) is 19.3 Å². The fourth-order valence-electron chi connectivity index (χ4n) is 5.07. The minimum absolute atomic E-state index is 0. The van der Waals surface area contributed by atoms with Gasteiger partial charge in [0.1, 0.15) is 0 Å². The van der Waals surface area contributed by atoms with Gasteiger partial charge in [-0.2, -0.15) is 0 Å². The predicted octanol–water partition coefficient (Wildman–Crippen LogP) is 2.72. The molecule has 3 fully saturated rings. The minimum Gasteiger partial charge on any atom is -0.353 e. The first-order chi connectivity index (χ1) is 11.9. The molecule has 150 valence electrons. The summed E-state index contributed by atoms with van der Waals surface area (Å²) in [5, 5.41) is 3.28. The van der Waals surface area contributed by atoms with Crippen LogP contribution in [0.5, 0.6) is 0 Å². The van der Waals surface area contributed by atoms with Crippen molar-refractivity contribution in [1.82, 2.24) is 10.2 Å². The predicted molar refractivity (Wildman–Crippen MR) is 106 cm³/mol. The number of fused-ring (bicyclic) bond motifs is 2. The average molecular weight is 386 g/mol. The van der Waals surface area contributed by atoms with E-state index in [4.69, 9.17) is 5.73 Å². The lowest BCUT2D eigenvalue weighted by Crippen LogP contribution is -2.52. The fourth-order valence-corrected chi connectivity index (χ4v) is 5.07. The Hall–Kier alpha value is -0.810. The Labute approximate surface area is 164 Å². The van der Waals surface area contributed by atoms with Crippen molar-refractivity contribution in [1.29, 1.82) is 0 Å². The van der Waals surface area contributed by atoms with E-state index >= 15 is 0 Å². The molecular weight excluding hydrogens is 350 g/mol. The molecule has 1 saturated heterocycles. The molecule has 3 aliphatic rings. The van der Waals surface area contributed by atoms with Crippen LogP contribution in [0.1, 0.15) is 65.2 Å². The Morgan fingerprint density at radius 1 is 1.08 bits per heavy atom. The topological polar surface area (TPSA) is 75.4 Å². The van der Waals surface area contributed by atoms with Gasteiger partial charge in [-0.25, -0.2) is 0 Å². The smallest absolute Gasteiger partial charge is 0.223 e. The van der Waals surface area contributed by atoms with Crippen molar-refractivity contribution < 1.29 is 9.59 Å². The maximum Gasteiger partial charge on any atom is 0.223 e. The highest BCUT2D eigenvalue weighted by atomic mass is 35.5. The monoisotopic (exact) mass is 385 g/mol. The van der Waals surface area contributed by atoms with Crippen molar-refractivity contribution in [2.45, 2.75) is 77.3 Å². The van der Waals surface area contributed by atoms with Crippen LogP contribution in [0.15, 0.2) is 0 Å². The molecular formula is C20H36ClN3O2. The van der Waals surface area contributed by atoms with E-state index in [0.29, 0.717) is 30.2 Å². The quantitative estimate of drug-likeness (QED) is 0.781. The Bertz CT molecular complexity index is 477. The lowest BCUT2D eigenvalue weighted by Gasteiger charge is -2.44. The molecule has 0 aromatic rings. The highest BCUT2D eigenvalue weighted by Gasteiger charge is 2.41. The molecule has 2 amide bonds. The molecule has 5 nitrogen and oxygen atoms in total. The number of nitrogens with one attached hydrogen (secondary N) is 1. The van der Waals surface area contributed by atoms with Gasteiger partial charge in [0.25, 0.3) is 0 Å². The number of hydrogen-bond acceptors (Lipinski definition) is 3. The Morgan fingerprint density at radius 3 is 2.19 bits per heavy atom. The zero-order valence-corrected chi connectivity index (χ0v) is 17.1. The van der Waals surface area contributed by atoms with Gasteiger partial charge in [0.05, 0.1) is 0 Å². The first-order valence-corrected chi connectivity index (χ1v) is 10.3. The molecule has 0 spiro atoms. The second-order valence-electron chi connectivity index (χ2n) is 8.96. The second-order valence-corrected chi connectivity index (χ2v) is 8.96. The second kappa shape index (κ2) is 9.41. The van der Waals surface area contributed by atoms with Gasteiger partial charge >= 0.3 is 0 Å². The first kappa shape index (κ1) is 21.5. The van der Waals surface area contributed by atoms with Gasteiger partial charge in [-0.15, -0.1) is 12.4 Å².